The van der Waals surface area contributed by atoms with E-state index < -0.39 is 4.92 Å². The lowest BCUT2D eigenvalue weighted by Gasteiger charge is -2.15. The molecular formula is C25H26N2O6. The van der Waals surface area contributed by atoms with Gasteiger partial charge in [0.2, 0.25) is 5.91 Å². The van der Waals surface area contributed by atoms with Gasteiger partial charge in [0.1, 0.15) is 5.75 Å². The third kappa shape index (κ3) is 5.79. The smallest absolute Gasteiger partial charge is 0.269 e. The van der Waals surface area contributed by atoms with Crippen LogP contribution in [0.15, 0.2) is 60.7 Å². The third-order valence-corrected chi connectivity index (χ3v) is 5.23. The molecule has 0 aliphatic rings. The molecule has 0 atom stereocenters. The minimum Gasteiger partial charge on any atom is -0.496 e. The van der Waals surface area contributed by atoms with E-state index >= 15 is 0 Å². The Morgan fingerprint density at radius 3 is 2.24 bits per heavy atom. The van der Waals surface area contributed by atoms with Crippen LogP contribution in [0.5, 0.6) is 17.2 Å². The molecule has 0 fully saturated rings. The second kappa shape index (κ2) is 11.0. The average molecular weight is 450 g/mol. The molecule has 0 saturated heterocycles. The number of nitro benzene ring substituents is 1. The molecule has 0 heterocycles. The van der Waals surface area contributed by atoms with Crippen molar-refractivity contribution in [3.05, 3.63) is 81.9 Å². The minimum atomic E-state index is -0.430. The summed E-state index contributed by atoms with van der Waals surface area (Å²) in [4.78, 5) is 23.0. The van der Waals surface area contributed by atoms with Crippen LogP contribution >= 0.6 is 0 Å². The van der Waals surface area contributed by atoms with Gasteiger partial charge in [0.05, 0.1) is 32.7 Å². The number of non-ortho nitro benzene ring substituents is 1. The van der Waals surface area contributed by atoms with E-state index in [1.807, 2.05) is 24.3 Å². The highest BCUT2D eigenvalue weighted by Crippen LogP contribution is 2.34. The molecule has 172 valence electrons. The first kappa shape index (κ1) is 23.6. The summed E-state index contributed by atoms with van der Waals surface area (Å²) in [7, 11) is 4.70. The Labute approximate surface area is 192 Å². The summed E-state index contributed by atoms with van der Waals surface area (Å²) in [6.07, 6.45) is 0.787. The Hall–Kier alpha value is -4.07. The maximum atomic E-state index is 12.5. The molecule has 3 aromatic carbocycles. The molecule has 3 aromatic rings. The van der Waals surface area contributed by atoms with E-state index in [0.29, 0.717) is 30.2 Å². The summed E-state index contributed by atoms with van der Waals surface area (Å²) < 4.78 is 16.0. The molecule has 0 aliphatic heterocycles. The second-order valence-electron chi connectivity index (χ2n) is 7.26. The van der Waals surface area contributed by atoms with Crippen molar-refractivity contribution in [3.63, 3.8) is 0 Å². The summed E-state index contributed by atoms with van der Waals surface area (Å²) in [5, 5.41) is 13.9. The van der Waals surface area contributed by atoms with Crippen LogP contribution in [-0.2, 0) is 17.6 Å². The van der Waals surface area contributed by atoms with E-state index in [1.165, 1.54) is 12.1 Å². The highest BCUT2D eigenvalue weighted by Gasteiger charge is 2.14. The fraction of sp³-hybridized carbons (Fsp3) is 0.240. The number of carbonyl (C=O) groups is 1. The van der Waals surface area contributed by atoms with E-state index in [0.717, 1.165) is 22.3 Å². The summed E-state index contributed by atoms with van der Waals surface area (Å²) in [6, 6.07) is 17.4. The molecule has 1 amide bonds. The summed E-state index contributed by atoms with van der Waals surface area (Å²) in [5.74, 6) is 1.74. The Morgan fingerprint density at radius 2 is 1.61 bits per heavy atom. The van der Waals surface area contributed by atoms with Gasteiger partial charge in [0, 0.05) is 24.2 Å². The lowest BCUT2D eigenvalue weighted by atomic mass is 9.96. The largest absolute Gasteiger partial charge is 0.496 e. The number of nitro groups is 1. The van der Waals surface area contributed by atoms with Gasteiger partial charge in [0.25, 0.3) is 5.69 Å². The zero-order valence-electron chi connectivity index (χ0n) is 18.8. The highest BCUT2D eigenvalue weighted by molar-refractivity contribution is 5.79. The fourth-order valence-electron chi connectivity index (χ4n) is 3.61. The molecule has 8 heteroatoms. The van der Waals surface area contributed by atoms with E-state index in [4.69, 9.17) is 14.2 Å². The predicted molar refractivity (Wildman–Crippen MR) is 125 cm³/mol. The number of benzene rings is 3. The first-order valence-corrected chi connectivity index (χ1v) is 10.3. The van der Waals surface area contributed by atoms with Gasteiger partial charge in [-0.25, -0.2) is 0 Å². The molecule has 0 aliphatic carbocycles. The number of rotatable bonds is 10. The zero-order chi connectivity index (χ0) is 23.8. The molecule has 8 nitrogen and oxygen atoms in total. The fourth-order valence-corrected chi connectivity index (χ4v) is 3.61. The molecule has 0 unspecified atom stereocenters. The number of nitrogens with one attached hydrogen (secondary N) is 1. The van der Waals surface area contributed by atoms with Gasteiger partial charge >= 0.3 is 0 Å². The summed E-state index contributed by atoms with van der Waals surface area (Å²) >= 11 is 0. The van der Waals surface area contributed by atoms with Crippen molar-refractivity contribution < 1.29 is 23.9 Å². The van der Waals surface area contributed by atoms with Gasteiger partial charge in [-0.15, -0.1) is 0 Å². The van der Waals surface area contributed by atoms with Crippen LogP contribution in [0.4, 0.5) is 5.69 Å². The van der Waals surface area contributed by atoms with Gasteiger partial charge in [-0.05, 0) is 53.4 Å². The molecule has 1 N–H and O–H groups in total. The lowest BCUT2D eigenvalue weighted by molar-refractivity contribution is -0.384. The Kier molecular flexibility index (Phi) is 7.86. The Morgan fingerprint density at radius 1 is 0.909 bits per heavy atom. The highest BCUT2D eigenvalue weighted by atomic mass is 16.6. The van der Waals surface area contributed by atoms with E-state index in [2.05, 4.69) is 5.32 Å². The van der Waals surface area contributed by atoms with Gasteiger partial charge in [0.15, 0.2) is 11.5 Å². The molecule has 0 saturated carbocycles. The predicted octanol–water partition coefficient (Wildman–Crippen LogP) is 4.19. The van der Waals surface area contributed by atoms with Crippen molar-refractivity contribution in [2.75, 3.05) is 27.9 Å². The van der Waals surface area contributed by atoms with E-state index in [-0.39, 0.29) is 18.0 Å². The average Bonchev–Trinajstić information content (AvgIpc) is 2.83. The molecule has 0 aromatic heterocycles. The van der Waals surface area contributed by atoms with Crippen molar-refractivity contribution in [1.29, 1.82) is 0 Å². The molecule has 0 spiro atoms. The van der Waals surface area contributed by atoms with Crippen molar-refractivity contribution in [2.45, 2.75) is 12.8 Å². The quantitative estimate of drug-likeness (QED) is 0.367. The number of carbonyl (C=O) groups excluding carboxylic acids is 1. The Balaban J connectivity index is 1.69. The lowest BCUT2D eigenvalue weighted by Crippen LogP contribution is -2.27. The van der Waals surface area contributed by atoms with Gasteiger partial charge in [-0.3, -0.25) is 14.9 Å². The van der Waals surface area contributed by atoms with Crippen molar-refractivity contribution in [3.8, 4) is 28.4 Å². The SMILES string of the molecule is COc1ccc(CC(=O)NCCc2cccc(OC)c2-c2ccc([N+](=O)[O-])cc2)cc1OC. The second-order valence-corrected chi connectivity index (χ2v) is 7.26. The van der Waals surface area contributed by atoms with E-state index in [1.54, 1.807) is 45.6 Å². The van der Waals surface area contributed by atoms with Gasteiger partial charge in [-0.2, -0.15) is 0 Å². The maximum absolute atomic E-state index is 12.5. The van der Waals surface area contributed by atoms with Crippen LogP contribution in [-0.4, -0.2) is 38.7 Å². The number of hydrogen-bond donors (Lipinski definition) is 1. The molecular weight excluding hydrogens is 424 g/mol. The molecule has 0 bridgehead atoms. The topological polar surface area (TPSA) is 99.9 Å². The van der Waals surface area contributed by atoms with Crippen LogP contribution in [0.25, 0.3) is 11.1 Å². The maximum Gasteiger partial charge on any atom is 0.269 e. The number of methoxy groups -OCH3 is 3. The standard InChI is InChI=1S/C25H26N2O6/c1-31-21-12-7-17(15-23(21)33-3)16-24(28)26-14-13-18-5-4-6-22(32-2)25(18)19-8-10-20(11-9-19)27(29)30/h4-12,15H,13-14,16H2,1-3H3,(H,26,28). The van der Waals surface area contributed by atoms with Crippen LogP contribution in [0, 0.1) is 10.1 Å². The summed E-state index contributed by atoms with van der Waals surface area (Å²) in [6.45, 7) is 0.430. The minimum absolute atomic E-state index is 0.0256. The number of amides is 1. The zero-order valence-corrected chi connectivity index (χ0v) is 18.8. The van der Waals surface area contributed by atoms with Crippen molar-refractivity contribution >= 4 is 11.6 Å². The van der Waals surface area contributed by atoms with Crippen molar-refractivity contribution in [2.24, 2.45) is 0 Å². The van der Waals surface area contributed by atoms with Crippen molar-refractivity contribution in [1.82, 2.24) is 5.32 Å². The third-order valence-electron chi connectivity index (χ3n) is 5.23. The van der Waals surface area contributed by atoms with Crippen LogP contribution in [0.2, 0.25) is 0 Å². The molecule has 33 heavy (non-hydrogen) atoms. The summed E-state index contributed by atoms with van der Waals surface area (Å²) in [5.41, 5.74) is 3.47. The number of hydrogen-bond acceptors (Lipinski definition) is 6. The van der Waals surface area contributed by atoms with Gasteiger partial charge in [-0.1, -0.05) is 18.2 Å². The molecule has 0 radical (unpaired) electrons. The number of ether oxygens (including phenoxy) is 3. The van der Waals surface area contributed by atoms with Crippen LogP contribution in [0.3, 0.4) is 0 Å². The van der Waals surface area contributed by atoms with Gasteiger partial charge < -0.3 is 19.5 Å². The Bertz CT molecular complexity index is 1130. The monoisotopic (exact) mass is 450 g/mol. The normalized spacial score (nSPS) is 10.4. The van der Waals surface area contributed by atoms with Crippen LogP contribution in [0.1, 0.15) is 11.1 Å². The first-order chi connectivity index (χ1) is 16.0. The first-order valence-electron chi connectivity index (χ1n) is 10.3. The van der Waals surface area contributed by atoms with Crippen LogP contribution < -0.4 is 19.5 Å². The number of nitrogens with zero attached hydrogens (tertiary/aromatic N) is 1. The molecule has 3 rings (SSSR count). The van der Waals surface area contributed by atoms with E-state index in [9.17, 15) is 14.9 Å².